The Balaban J connectivity index is 2.11. The van der Waals surface area contributed by atoms with Gasteiger partial charge in [0.2, 0.25) is 5.91 Å². The highest BCUT2D eigenvalue weighted by Crippen LogP contribution is 2.23. The van der Waals surface area contributed by atoms with Gasteiger partial charge in [-0.05, 0) is 42.5 Å². The molecule has 0 aliphatic carbocycles. The number of aryl methyl sites for hydroxylation is 1. The molecule has 21 heavy (non-hydrogen) atoms. The van der Waals surface area contributed by atoms with Crippen LogP contribution in [-0.4, -0.2) is 29.6 Å². The molecular weight excluding hydrogens is 268 g/mol. The first-order valence-corrected chi connectivity index (χ1v) is 7.35. The van der Waals surface area contributed by atoms with Gasteiger partial charge in [0.25, 0.3) is 5.91 Å². The number of anilines is 1. The van der Waals surface area contributed by atoms with Gasteiger partial charge in [-0.15, -0.1) is 0 Å². The maximum atomic E-state index is 12.3. The molecule has 1 aromatic rings. The summed E-state index contributed by atoms with van der Waals surface area (Å²) in [5, 5.41) is 14.8. The van der Waals surface area contributed by atoms with Crippen molar-refractivity contribution in [3.8, 4) is 0 Å². The van der Waals surface area contributed by atoms with Crippen molar-refractivity contribution in [1.82, 2.24) is 5.32 Å². The van der Waals surface area contributed by atoms with Crippen LogP contribution in [0.15, 0.2) is 18.2 Å². The zero-order valence-corrected chi connectivity index (χ0v) is 12.5. The zero-order valence-electron chi connectivity index (χ0n) is 12.5. The van der Waals surface area contributed by atoms with Gasteiger partial charge in [-0.3, -0.25) is 9.59 Å². The van der Waals surface area contributed by atoms with Crippen molar-refractivity contribution >= 4 is 17.5 Å². The van der Waals surface area contributed by atoms with Crippen LogP contribution >= 0.6 is 0 Å². The van der Waals surface area contributed by atoms with Crippen molar-refractivity contribution in [3.05, 3.63) is 29.3 Å². The summed E-state index contributed by atoms with van der Waals surface area (Å²) >= 11 is 0. The molecule has 0 fully saturated rings. The van der Waals surface area contributed by atoms with Gasteiger partial charge in [-0.1, -0.05) is 13.8 Å². The van der Waals surface area contributed by atoms with Crippen molar-refractivity contribution < 1.29 is 14.7 Å². The van der Waals surface area contributed by atoms with E-state index in [4.69, 9.17) is 5.11 Å². The molecule has 1 atom stereocenters. The van der Waals surface area contributed by atoms with Crippen molar-refractivity contribution in [3.63, 3.8) is 0 Å². The second-order valence-corrected chi connectivity index (χ2v) is 5.76. The Labute approximate surface area is 124 Å². The fourth-order valence-corrected chi connectivity index (χ4v) is 2.49. The van der Waals surface area contributed by atoms with E-state index in [0.717, 1.165) is 11.3 Å². The third-order valence-electron chi connectivity index (χ3n) is 3.82. The van der Waals surface area contributed by atoms with Crippen molar-refractivity contribution in [2.24, 2.45) is 5.92 Å². The highest BCUT2D eigenvalue weighted by atomic mass is 16.3. The molecule has 0 spiro atoms. The molecule has 1 heterocycles. The molecule has 1 aromatic carbocycles. The normalized spacial score (nSPS) is 15.3. The van der Waals surface area contributed by atoms with E-state index < -0.39 is 0 Å². The van der Waals surface area contributed by atoms with Crippen LogP contribution in [0.2, 0.25) is 0 Å². The van der Waals surface area contributed by atoms with E-state index in [0.29, 0.717) is 24.8 Å². The van der Waals surface area contributed by atoms with Crippen LogP contribution in [0.1, 0.15) is 42.6 Å². The van der Waals surface area contributed by atoms with E-state index in [1.807, 2.05) is 19.9 Å². The maximum absolute atomic E-state index is 12.3. The van der Waals surface area contributed by atoms with Gasteiger partial charge in [-0.25, -0.2) is 0 Å². The summed E-state index contributed by atoms with van der Waals surface area (Å²) in [5.74, 6) is 0.141. The van der Waals surface area contributed by atoms with Crippen LogP contribution in [0.5, 0.6) is 0 Å². The van der Waals surface area contributed by atoms with E-state index in [-0.39, 0.29) is 30.4 Å². The van der Waals surface area contributed by atoms with Crippen molar-refractivity contribution in [2.45, 2.75) is 39.2 Å². The number of benzene rings is 1. The number of fused-ring (bicyclic) bond motifs is 1. The molecule has 2 rings (SSSR count). The molecule has 5 nitrogen and oxygen atoms in total. The Morgan fingerprint density at radius 3 is 2.81 bits per heavy atom. The minimum Gasteiger partial charge on any atom is -0.396 e. The van der Waals surface area contributed by atoms with Crippen LogP contribution in [-0.2, 0) is 11.2 Å². The molecule has 0 radical (unpaired) electrons. The quantitative estimate of drug-likeness (QED) is 0.772. The Hall–Kier alpha value is -1.88. The third-order valence-corrected chi connectivity index (χ3v) is 3.82. The maximum Gasteiger partial charge on any atom is 0.251 e. The zero-order chi connectivity index (χ0) is 15.4. The van der Waals surface area contributed by atoms with Gasteiger partial charge in [0, 0.05) is 30.3 Å². The number of aliphatic hydroxyl groups is 1. The fraction of sp³-hybridized carbons (Fsp3) is 0.500. The van der Waals surface area contributed by atoms with Gasteiger partial charge in [-0.2, -0.15) is 0 Å². The summed E-state index contributed by atoms with van der Waals surface area (Å²) in [6, 6.07) is 5.28. The number of hydrogen-bond donors (Lipinski definition) is 3. The highest BCUT2D eigenvalue weighted by Gasteiger charge is 2.19. The van der Waals surface area contributed by atoms with Crippen LogP contribution < -0.4 is 10.6 Å². The predicted octanol–water partition coefficient (Wildman–Crippen LogP) is 1.71. The number of amides is 2. The number of rotatable bonds is 5. The molecule has 114 valence electrons. The monoisotopic (exact) mass is 290 g/mol. The smallest absolute Gasteiger partial charge is 0.251 e. The Morgan fingerprint density at radius 1 is 1.38 bits per heavy atom. The van der Waals surface area contributed by atoms with Crippen LogP contribution in [0, 0.1) is 5.92 Å². The fourth-order valence-electron chi connectivity index (χ4n) is 2.49. The van der Waals surface area contributed by atoms with E-state index >= 15 is 0 Å². The molecular formula is C16H22N2O3. The van der Waals surface area contributed by atoms with E-state index in [2.05, 4.69) is 10.6 Å². The topological polar surface area (TPSA) is 78.4 Å². The summed E-state index contributed by atoms with van der Waals surface area (Å²) in [6.45, 7) is 4.09. The first-order chi connectivity index (χ1) is 10.0. The van der Waals surface area contributed by atoms with Crippen molar-refractivity contribution in [1.29, 1.82) is 0 Å². The number of nitrogens with one attached hydrogen (secondary N) is 2. The molecule has 1 unspecified atom stereocenters. The number of aliphatic hydroxyl groups excluding tert-OH is 1. The number of carbonyl (C=O) groups excluding carboxylic acids is 2. The molecule has 5 heteroatoms. The van der Waals surface area contributed by atoms with Crippen molar-refractivity contribution in [2.75, 3.05) is 11.9 Å². The largest absolute Gasteiger partial charge is 0.396 e. The number of carbonyl (C=O) groups is 2. The average molecular weight is 290 g/mol. The first-order valence-electron chi connectivity index (χ1n) is 7.35. The summed E-state index contributed by atoms with van der Waals surface area (Å²) in [7, 11) is 0. The molecule has 0 saturated heterocycles. The Kier molecular flexibility index (Phi) is 4.96. The van der Waals surface area contributed by atoms with E-state index in [1.54, 1.807) is 12.1 Å². The Morgan fingerprint density at radius 2 is 2.14 bits per heavy atom. The second-order valence-electron chi connectivity index (χ2n) is 5.76. The lowest BCUT2D eigenvalue weighted by atomic mass is 9.98. The second kappa shape index (κ2) is 6.72. The van der Waals surface area contributed by atoms with E-state index in [9.17, 15) is 9.59 Å². The molecule has 1 aliphatic heterocycles. The summed E-state index contributed by atoms with van der Waals surface area (Å²) < 4.78 is 0. The molecule has 3 N–H and O–H groups in total. The third kappa shape index (κ3) is 3.82. The minimum atomic E-state index is -0.137. The summed E-state index contributed by atoms with van der Waals surface area (Å²) in [4.78, 5) is 23.6. The average Bonchev–Trinajstić information content (AvgIpc) is 2.45. The van der Waals surface area contributed by atoms with Gasteiger partial charge >= 0.3 is 0 Å². The Bertz CT molecular complexity index is 540. The molecule has 0 saturated carbocycles. The molecule has 0 bridgehead atoms. The van der Waals surface area contributed by atoms with Gasteiger partial charge in [0.05, 0.1) is 0 Å². The van der Waals surface area contributed by atoms with Crippen LogP contribution in [0.25, 0.3) is 0 Å². The standard InChI is InChI=1S/C16H22N2O3/c1-10(2)13(7-8-19)18-16(21)12-3-5-14-11(9-12)4-6-15(20)17-14/h3,5,9-10,13,19H,4,6-8H2,1-2H3,(H,17,20)(H,18,21). The minimum absolute atomic E-state index is 0.0162. The van der Waals surface area contributed by atoms with Crippen LogP contribution in [0.3, 0.4) is 0 Å². The first kappa shape index (κ1) is 15.5. The highest BCUT2D eigenvalue weighted by molar-refractivity contribution is 5.98. The van der Waals surface area contributed by atoms with Gasteiger partial charge in [0.1, 0.15) is 0 Å². The lowest BCUT2D eigenvalue weighted by molar-refractivity contribution is -0.116. The molecule has 0 aromatic heterocycles. The van der Waals surface area contributed by atoms with E-state index in [1.165, 1.54) is 0 Å². The summed E-state index contributed by atoms with van der Waals surface area (Å²) in [6.07, 6.45) is 1.66. The SMILES string of the molecule is CC(C)C(CCO)NC(=O)c1ccc2c(c1)CCC(=O)N2. The summed E-state index contributed by atoms with van der Waals surface area (Å²) in [5.41, 5.74) is 2.37. The lowest BCUT2D eigenvalue weighted by Gasteiger charge is -2.22. The predicted molar refractivity (Wildman–Crippen MR) is 81.2 cm³/mol. The lowest BCUT2D eigenvalue weighted by Crippen LogP contribution is -2.39. The molecule has 2 amide bonds. The number of hydrogen-bond acceptors (Lipinski definition) is 3. The van der Waals surface area contributed by atoms with Gasteiger partial charge < -0.3 is 15.7 Å². The van der Waals surface area contributed by atoms with Crippen LogP contribution in [0.4, 0.5) is 5.69 Å². The van der Waals surface area contributed by atoms with Gasteiger partial charge in [0.15, 0.2) is 0 Å². The molecule has 1 aliphatic rings.